The van der Waals surface area contributed by atoms with Crippen LogP contribution in [0, 0.1) is 12.7 Å². The zero-order chi connectivity index (χ0) is 22.2. The van der Waals surface area contributed by atoms with Crippen LogP contribution in [0.5, 0.6) is 5.88 Å². The highest BCUT2D eigenvalue weighted by Crippen LogP contribution is 2.39. The fraction of sp³-hybridized carbons (Fsp3) is 0.348. The van der Waals surface area contributed by atoms with Gasteiger partial charge in [-0.15, -0.1) is 0 Å². The van der Waals surface area contributed by atoms with Crippen molar-refractivity contribution in [1.29, 1.82) is 0 Å². The van der Waals surface area contributed by atoms with Crippen LogP contribution in [-0.2, 0) is 0 Å². The number of nitrogens with zero attached hydrogens (tertiary/aromatic N) is 2. The Bertz CT molecular complexity index is 1210. The lowest BCUT2D eigenvalue weighted by Gasteiger charge is -2.22. The summed E-state index contributed by atoms with van der Waals surface area (Å²) in [5.41, 5.74) is 8.68. The second-order valence-electron chi connectivity index (χ2n) is 8.27. The van der Waals surface area contributed by atoms with Gasteiger partial charge < -0.3 is 21.1 Å². The molecule has 3 heterocycles. The fourth-order valence-electron chi connectivity index (χ4n) is 4.46. The summed E-state index contributed by atoms with van der Waals surface area (Å²) in [6.07, 6.45) is 7.32. The summed E-state index contributed by atoms with van der Waals surface area (Å²) in [7, 11) is 0. The maximum atomic E-state index is 15.3. The van der Waals surface area contributed by atoms with Crippen LogP contribution in [0.25, 0.3) is 21.9 Å². The third-order valence-electron chi connectivity index (χ3n) is 6.17. The Morgan fingerprint density at radius 1 is 1.22 bits per heavy atom. The van der Waals surface area contributed by atoms with E-state index in [1.165, 1.54) is 6.20 Å². The van der Waals surface area contributed by atoms with Crippen LogP contribution in [0.3, 0.4) is 0 Å². The molecule has 1 aliphatic heterocycles. The lowest BCUT2D eigenvalue weighted by atomic mass is 9.97. The molecule has 2 amide bonds. The van der Waals surface area contributed by atoms with Gasteiger partial charge in [0.05, 0.1) is 5.69 Å². The number of rotatable bonds is 3. The number of halogens is 1. The van der Waals surface area contributed by atoms with Gasteiger partial charge in [0.1, 0.15) is 18.1 Å². The summed E-state index contributed by atoms with van der Waals surface area (Å²) in [6, 6.07) is 3.32. The Balaban J connectivity index is 1.50. The van der Waals surface area contributed by atoms with Crippen molar-refractivity contribution in [3.63, 3.8) is 0 Å². The molecule has 5 rings (SSSR count). The van der Waals surface area contributed by atoms with Crippen molar-refractivity contribution < 1.29 is 13.9 Å². The molecular formula is C23H25FN6O2. The van der Waals surface area contributed by atoms with Crippen molar-refractivity contribution in [1.82, 2.24) is 15.3 Å². The molecule has 0 radical (unpaired) electrons. The average molecular weight is 436 g/mol. The van der Waals surface area contributed by atoms with E-state index >= 15 is 4.39 Å². The van der Waals surface area contributed by atoms with E-state index in [1.54, 1.807) is 18.3 Å². The molecule has 166 valence electrons. The summed E-state index contributed by atoms with van der Waals surface area (Å²) >= 11 is 0. The minimum absolute atomic E-state index is 0.00767. The van der Waals surface area contributed by atoms with E-state index in [2.05, 4.69) is 25.9 Å². The van der Waals surface area contributed by atoms with Crippen molar-refractivity contribution in [2.75, 3.05) is 29.5 Å². The van der Waals surface area contributed by atoms with Gasteiger partial charge in [-0.2, -0.15) is 0 Å². The first-order valence-electron chi connectivity index (χ1n) is 10.8. The maximum Gasteiger partial charge on any atom is 0.320 e. The standard InChI is InChI=1S/C23H25FN6O2/c1-12-16(10-28-22-21(12)26-6-7-32-22)15-8-13-9-18(27-11-17(13)20(25)19(15)24)30-23(31)29-14-4-2-3-5-14/h8-11,14,26H,2-7,25H2,1H3,(H2,27,29,30,31). The second-order valence-corrected chi connectivity index (χ2v) is 8.27. The number of fused-ring (bicyclic) bond motifs is 2. The number of nitrogen functional groups attached to an aromatic ring is 1. The minimum atomic E-state index is -0.527. The topological polar surface area (TPSA) is 114 Å². The van der Waals surface area contributed by atoms with Crippen LogP contribution in [-0.4, -0.2) is 35.2 Å². The molecule has 0 atom stereocenters. The number of carbonyl (C=O) groups excluding carboxylic acids is 1. The summed E-state index contributed by atoms with van der Waals surface area (Å²) < 4.78 is 20.8. The first-order chi connectivity index (χ1) is 15.5. The van der Waals surface area contributed by atoms with Gasteiger partial charge >= 0.3 is 6.03 Å². The van der Waals surface area contributed by atoms with E-state index in [9.17, 15) is 4.79 Å². The quantitative estimate of drug-likeness (QED) is 0.458. The smallest absolute Gasteiger partial charge is 0.320 e. The molecule has 0 bridgehead atoms. The number of pyridine rings is 2. The number of benzene rings is 1. The van der Waals surface area contributed by atoms with Gasteiger partial charge in [-0.3, -0.25) is 5.32 Å². The van der Waals surface area contributed by atoms with Gasteiger partial charge in [-0.1, -0.05) is 12.8 Å². The second kappa shape index (κ2) is 8.14. The molecule has 0 saturated heterocycles. The highest BCUT2D eigenvalue weighted by atomic mass is 19.1. The summed E-state index contributed by atoms with van der Waals surface area (Å²) in [4.78, 5) is 20.9. The van der Waals surface area contributed by atoms with E-state index in [-0.39, 0.29) is 17.8 Å². The zero-order valence-corrected chi connectivity index (χ0v) is 17.8. The van der Waals surface area contributed by atoms with Crippen LogP contribution in [0.15, 0.2) is 24.5 Å². The Hall–Kier alpha value is -3.62. The molecule has 2 aromatic heterocycles. The van der Waals surface area contributed by atoms with Crippen LogP contribution in [0.2, 0.25) is 0 Å². The molecule has 9 heteroatoms. The van der Waals surface area contributed by atoms with Gasteiger partial charge in [0.25, 0.3) is 0 Å². The molecule has 8 nitrogen and oxygen atoms in total. The zero-order valence-electron chi connectivity index (χ0n) is 17.8. The van der Waals surface area contributed by atoms with Gasteiger partial charge in [0.2, 0.25) is 5.88 Å². The summed E-state index contributed by atoms with van der Waals surface area (Å²) in [5, 5.41) is 10.2. The predicted octanol–water partition coefficient (Wildman–Crippen LogP) is 4.19. The van der Waals surface area contributed by atoms with E-state index in [0.717, 1.165) is 36.9 Å². The predicted molar refractivity (Wildman–Crippen MR) is 122 cm³/mol. The lowest BCUT2D eigenvalue weighted by molar-refractivity contribution is 0.248. The first-order valence-corrected chi connectivity index (χ1v) is 10.8. The number of anilines is 3. The number of amides is 2. The van der Waals surface area contributed by atoms with Crippen LogP contribution in [0.1, 0.15) is 31.2 Å². The van der Waals surface area contributed by atoms with Gasteiger partial charge in [-0.25, -0.2) is 19.2 Å². The number of hydrogen-bond acceptors (Lipinski definition) is 6. The molecule has 32 heavy (non-hydrogen) atoms. The highest BCUT2D eigenvalue weighted by molar-refractivity contribution is 6.00. The van der Waals surface area contributed by atoms with Gasteiger partial charge in [0.15, 0.2) is 5.82 Å². The Kier molecular flexibility index (Phi) is 5.16. The summed E-state index contributed by atoms with van der Waals surface area (Å²) in [5.74, 6) is 0.358. The van der Waals surface area contributed by atoms with Crippen molar-refractivity contribution in [3.05, 3.63) is 35.9 Å². The molecule has 0 spiro atoms. The molecule has 1 aromatic carbocycles. The van der Waals surface area contributed by atoms with Crippen molar-refractivity contribution in [2.24, 2.45) is 0 Å². The van der Waals surface area contributed by atoms with Gasteiger partial charge in [0, 0.05) is 41.5 Å². The largest absolute Gasteiger partial charge is 0.474 e. The molecule has 5 N–H and O–H groups in total. The normalized spacial score (nSPS) is 15.7. The van der Waals surface area contributed by atoms with Gasteiger partial charge in [-0.05, 0) is 42.8 Å². The number of nitrogens with two attached hydrogens (primary N) is 1. The Morgan fingerprint density at radius 3 is 2.84 bits per heavy atom. The number of ether oxygens (including phenoxy) is 1. The van der Waals surface area contributed by atoms with E-state index < -0.39 is 5.82 Å². The molecule has 1 fully saturated rings. The van der Waals surface area contributed by atoms with Crippen molar-refractivity contribution in [3.8, 4) is 17.0 Å². The third-order valence-corrected chi connectivity index (χ3v) is 6.17. The number of nitrogens with one attached hydrogen (secondary N) is 3. The monoisotopic (exact) mass is 436 g/mol. The van der Waals surface area contributed by atoms with Crippen LogP contribution in [0.4, 0.5) is 26.4 Å². The molecule has 1 saturated carbocycles. The molecule has 2 aliphatic rings. The van der Waals surface area contributed by atoms with Crippen molar-refractivity contribution in [2.45, 2.75) is 38.6 Å². The van der Waals surface area contributed by atoms with E-state index in [4.69, 9.17) is 10.5 Å². The molecular weight excluding hydrogens is 411 g/mol. The van der Waals surface area contributed by atoms with Crippen molar-refractivity contribution >= 4 is 34.0 Å². The van der Waals surface area contributed by atoms with E-state index in [0.29, 0.717) is 46.7 Å². The SMILES string of the molecule is Cc1c(-c2cc3cc(NC(=O)NC4CCCC4)ncc3c(N)c2F)cnc2c1NCCO2. The third kappa shape index (κ3) is 3.63. The number of hydrogen-bond donors (Lipinski definition) is 4. The fourth-order valence-corrected chi connectivity index (χ4v) is 4.46. The Morgan fingerprint density at radius 2 is 2.03 bits per heavy atom. The maximum absolute atomic E-state index is 15.3. The Labute approximate surface area is 184 Å². The highest BCUT2D eigenvalue weighted by Gasteiger charge is 2.21. The summed E-state index contributed by atoms with van der Waals surface area (Å²) in [6.45, 7) is 3.09. The number of aromatic nitrogens is 2. The molecule has 0 unspecified atom stereocenters. The van der Waals surface area contributed by atoms with E-state index in [1.807, 2.05) is 6.92 Å². The molecule has 3 aromatic rings. The number of urea groups is 1. The lowest BCUT2D eigenvalue weighted by Crippen LogP contribution is -2.36. The number of carbonyl (C=O) groups is 1. The van der Waals surface area contributed by atoms with Crippen LogP contribution >= 0.6 is 0 Å². The van der Waals surface area contributed by atoms with Crippen LogP contribution < -0.4 is 26.4 Å². The first kappa shape index (κ1) is 20.3. The minimum Gasteiger partial charge on any atom is -0.474 e. The average Bonchev–Trinajstić information content (AvgIpc) is 3.30. The molecule has 1 aliphatic carbocycles.